The molecule has 1 atom stereocenters. The average Bonchev–Trinajstić information content (AvgIpc) is 2.18. The second-order valence-electron chi connectivity index (χ2n) is 5.48. The van der Waals surface area contributed by atoms with Crippen molar-refractivity contribution in [2.24, 2.45) is 5.41 Å². The predicted octanol–water partition coefficient (Wildman–Crippen LogP) is 3.13. The predicted molar refractivity (Wildman–Crippen MR) is 74.0 cm³/mol. The Kier molecular flexibility index (Phi) is 8.96. The molecule has 0 aliphatic rings. The lowest BCUT2D eigenvalue weighted by molar-refractivity contribution is 0.173. The van der Waals surface area contributed by atoms with Gasteiger partial charge in [-0.05, 0) is 44.8 Å². The van der Waals surface area contributed by atoms with Crippen molar-refractivity contribution in [3.63, 3.8) is 0 Å². The van der Waals surface area contributed by atoms with Gasteiger partial charge in [0.15, 0.2) is 0 Å². The largest absolute Gasteiger partial charge is 0.316 e. The van der Waals surface area contributed by atoms with Crippen LogP contribution in [0.3, 0.4) is 0 Å². The van der Waals surface area contributed by atoms with Gasteiger partial charge in [-0.3, -0.25) is 0 Å². The number of rotatable bonds is 10. The van der Waals surface area contributed by atoms with Gasteiger partial charge in [0.05, 0.1) is 0 Å². The Hall–Kier alpha value is -0.0800. The average molecular weight is 228 g/mol. The molecule has 0 spiro atoms. The molecule has 0 bridgehead atoms. The smallest absolute Gasteiger partial charge is 0.00444 e. The monoisotopic (exact) mass is 228 g/mol. The molecule has 0 radical (unpaired) electrons. The molecule has 0 rings (SSSR count). The van der Waals surface area contributed by atoms with Crippen LogP contribution in [0.25, 0.3) is 0 Å². The van der Waals surface area contributed by atoms with Gasteiger partial charge in [-0.25, -0.2) is 0 Å². The van der Waals surface area contributed by atoms with Crippen LogP contribution < -0.4 is 5.32 Å². The van der Waals surface area contributed by atoms with Crippen LogP contribution in [0.15, 0.2) is 0 Å². The third-order valence-corrected chi connectivity index (χ3v) is 3.09. The highest BCUT2D eigenvalue weighted by Crippen LogP contribution is 2.23. The van der Waals surface area contributed by atoms with E-state index in [0.29, 0.717) is 5.41 Å². The van der Waals surface area contributed by atoms with Crippen LogP contribution in [0, 0.1) is 5.41 Å². The Morgan fingerprint density at radius 3 is 2.25 bits per heavy atom. The SMILES string of the molecule is CCCNCC(C)(CCC)CN(C)CCC. The van der Waals surface area contributed by atoms with Gasteiger partial charge in [0.25, 0.3) is 0 Å². The van der Waals surface area contributed by atoms with Crippen LogP contribution in [0.4, 0.5) is 0 Å². The molecule has 2 heteroatoms. The number of hydrogen-bond acceptors (Lipinski definition) is 2. The molecule has 0 aliphatic heterocycles. The first-order chi connectivity index (χ1) is 7.58. The van der Waals surface area contributed by atoms with E-state index in [1.807, 2.05) is 0 Å². The summed E-state index contributed by atoms with van der Waals surface area (Å²) in [5, 5.41) is 3.58. The Balaban J connectivity index is 4.08. The van der Waals surface area contributed by atoms with Crippen molar-refractivity contribution >= 4 is 0 Å². The van der Waals surface area contributed by atoms with Crippen LogP contribution in [0.1, 0.15) is 53.4 Å². The molecular formula is C14H32N2. The number of nitrogens with zero attached hydrogens (tertiary/aromatic N) is 1. The summed E-state index contributed by atoms with van der Waals surface area (Å²) >= 11 is 0. The van der Waals surface area contributed by atoms with Crippen LogP contribution in [-0.2, 0) is 0 Å². The lowest BCUT2D eigenvalue weighted by atomic mass is 9.85. The van der Waals surface area contributed by atoms with E-state index in [4.69, 9.17) is 0 Å². The van der Waals surface area contributed by atoms with Gasteiger partial charge in [0.2, 0.25) is 0 Å². The van der Waals surface area contributed by atoms with Crippen LogP contribution in [-0.4, -0.2) is 38.1 Å². The van der Waals surface area contributed by atoms with Crippen molar-refractivity contribution < 1.29 is 0 Å². The van der Waals surface area contributed by atoms with Gasteiger partial charge >= 0.3 is 0 Å². The fourth-order valence-corrected chi connectivity index (χ4v) is 2.51. The third kappa shape index (κ3) is 7.24. The zero-order chi connectivity index (χ0) is 12.4. The first-order valence-corrected chi connectivity index (χ1v) is 6.97. The Labute approximate surface area is 103 Å². The van der Waals surface area contributed by atoms with Crippen LogP contribution >= 0.6 is 0 Å². The van der Waals surface area contributed by atoms with Crippen LogP contribution in [0.5, 0.6) is 0 Å². The third-order valence-electron chi connectivity index (χ3n) is 3.09. The summed E-state index contributed by atoms with van der Waals surface area (Å²) in [6.45, 7) is 13.9. The van der Waals surface area contributed by atoms with Gasteiger partial charge in [0, 0.05) is 13.1 Å². The van der Waals surface area contributed by atoms with Crippen molar-refractivity contribution in [1.29, 1.82) is 0 Å². The van der Waals surface area contributed by atoms with E-state index in [1.165, 1.54) is 38.8 Å². The minimum absolute atomic E-state index is 0.438. The maximum absolute atomic E-state index is 3.58. The highest BCUT2D eigenvalue weighted by Gasteiger charge is 2.24. The molecule has 98 valence electrons. The molecule has 0 saturated heterocycles. The summed E-state index contributed by atoms with van der Waals surface area (Å²) in [6, 6.07) is 0. The second kappa shape index (κ2) is 9.00. The van der Waals surface area contributed by atoms with Crippen LogP contribution in [0.2, 0.25) is 0 Å². The van der Waals surface area contributed by atoms with Crippen molar-refractivity contribution in [1.82, 2.24) is 10.2 Å². The molecule has 0 heterocycles. The summed E-state index contributed by atoms with van der Waals surface area (Å²) in [4.78, 5) is 2.48. The molecule has 0 aromatic heterocycles. The van der Waals surface area contributed by atoms with Gasteiger partial charge in [-0.2, -0.15) is 0 Å². The summed E-state index contributed by atoms with van der Waals surface area (Å²) in [6.07, 6.45) is 5.08. The van der Waals surface area contributed by atoms with Gasteiger partial charge in [-0.15, -0.1) is 0 Å². The minimum atomic E-state index is 0.438. The van der Waals surface area contributed by atoms with E-state index in [-0.39, 0.29) is 0 Å². The minimum Gasteiger partial charge on any atom is -0.316 e. The number of hydrogen-bond donors (Lipinski definition) is 1. The standard InChI is InChI=1S/C14H32N2/c1-6-9-14(4,12-15-10-7-2)13-16(5)11-8-3/h15H,6-13H2,1-5H3. The van der Waals surface area contributed by atoms with E-state index in [2.05, 4.69) is 45.0 Å². The first-order valence-electron chi connectivity index (χ1n) is 6.97. The fraction of sp³-hybridized carbons (Fsp3) is 1.00. The molecule has 0 aromatic rings. The summed E-state index contributed by atoms with van der Waals surface area (Å²) in [5.74, 6) is 0. The summed E-state index contributed by atoms with van der Waals surface area (Å²) in [5.41, 5.74) is 0.438. The fourth-order valence-electron chi connectivity index (χ4n) is 2.51. The summed E-state index contributed by atoms with van der Waals surface area (Å²) < 4.78 is 0. The lowest BCUT2D eigenvalue weighted by Crippen LogP contribution is -2.41. The first kappa shape index (κ1) is 15.9. The van der Waals surface area contributed by atoms with E-state index < -0.39 is 0 Å². The Morgan fingerprint density at radius 1 is 1.06 bits per heavy atom. The van der Waals surface area contributed by atoms with Crippen molar-refractivity contribution in [3.05, 3.63) is 0 Å². The molecule has 2 nitrogen and oxygen atoms in total. The molecule has 1 N–H and O–H groups in total. The van der Waals surface area contributed by atoms with Gasteiger partial charge in [-0.1, -0.05) is 34.1 Å². The maximum Gasteiger partial charge on any atom is 0.00444 e. The normalized spacial score (nSPS) is 15.4. The molecule has 0 amide bonds. The van der Waals surface area contributed by atoms with E-state index in [9.17, 15) is 0 Å². The van der Waals surface area contributed by atoms with E-state index in [1.54, 1.807) is 0 Å². The topological polar surface area (TPSA) is 15.3 Å². The highest BCUT2D eigenvalue weighted by molar-refractivity contribution is 4.79. The zero-order valence-corrected chi connectivity index (χ0v) is 12.1. The molecule has 0 saturated carbocycles. The van der Waals surface area contributed by atoms with E-state index in [0.717, 1.165) is 13.1 Å². The quantitative estimate of drug-likeness (QED) is 0.578. The molecule has 0 aromatic carbocycles. The molecule has 1 unspecified atom stereocenters. The molecule has 16 heavy (non-hydrogen) atoms. The Bertz CT molecular complexity index is 159. The van der Waals surface area contributed by atoms with Crippen molar-refractivity contribution in [3.8, 4) is 0 Å². The van der Waals surface area contributed by atoms with Gasteiger partial charge in [0.1, 0.15) is 0 Å². The lowest BCUT2D eigenvalue weighted by Gasteiger charge is -2.34. The summed E-state index contributed by atoms with van der Waals surface area (Å²) in [7, 11) is 2.25. The molecule has 0 fully saturated rings. The maximum atomic E-state index is 3.58. The van der Waals surface area contributed by atoms with E-state index >= 15 is 0 Å². The van der Waals surface area contributed by atoms with Crippen molar-refractivity contribution in [2.75, 3.05) is 33.2 Å². The van der Waals surface area contributed by atoms with Gasteiger partial charge < -0.3 is 10.2 Å². The molecule has 0 aliphatic carbocycles. The molecular weight excluding hydrogens is 196 g/mol. The highest BCUT2D eigenvalue weighted by atomic mass is 15.1. The number of nitrogens with one attached hydrogen (secondary N) is 1. The van der Waals surface area contributed by atoms with Crippen molar-refractivity contribution in [2.45, 2.75) is 53.4 Å². The Morgan fingerprint density at radius 2 is 1.75 bits per heavy atom. The zero-order valence-electron chi connectivity index (χ0n) is 12.1. The second-order valence-corrected chi connectivity index (χ2v) is 5.48.